The van der Waals surface area contributed by atoms with Gasteiger partial charge in [0.15, 0.2) is 12.3 Å². The summed E-state index contributed by atoms with van der Waals surface area (Å²) in [7, 11) is 0. The number of carbonyl (C=O) groups excluding carboxylic acids is 4. The van der Waals surface area contributed by atoms with Crippen molar-refractivity contribution in [3.63, 3.8) is 0 Å². The maximum atomic E-state index is 10.6. The Kier molecular flexibility index (Phi) is 4.75. The normalized spacial score (nSPS) is 37.8. The summed E-state index contributed by atoms with van der Waals surface area (Å²) in [4.78, 5) is 57.1. The molecule has 0 amide bonds. The zero-order valence-corrected chi connectivity index (χ0v) is 12.9. The molecule has 2 bridgehead atoms. The second-order valence-corrected chi connectivity index (χ2v) is 6.75. The number of fused-ring (bicyclic) bond motifs is 5. The van der Waals surface area contributed by atoms with Gasteiger partial charge in [-0.2, -0.15) is 20.0 Å². The van der Waals surface area contributed by atoms with Gasteiger partial charge in [0.2, 0.25) is 24.3 Å². The molecule has 8 nitrogen and oxygen atoms in total. The van der Waals surface area contributed by atoms with Crippen molar-refractivity contribution in [1.29, 1.82) is 0 Å². The van der Waals surface area contributed by atoms with Crippen molar-refractivity contribution < 1.29 is 19.2 Å². The minimum absolute atomic E-state index is 0.0384. The number of hydrogen-bond acceptors (Lipinski definition) is 8. The molecule has 0 N–H and O–H groups in total. The van der Waals surface area contributed by atoms with Crippen LogP contribution in [0.2, 0.25) is 0 Å². The van der Waals surface area contributed by atoms with Crippen LogP contribution in [0.15, 0.2) is 20.0 Å². The molecule has 0 saturated heterocycles. The van der Waals surface area contributed by atoms with E-state index in [2.05, 4.69) is 20.0 Å². The molecule has 0 aromatic heterocycles. The Morgan fingerprint density at radius 3 is 1.75 bits per heavy atom. The van der Waals surface area contributed by atoms with E-state index in [1.54, 1.807) is 0 Å². The lowest BCUT2D eigenvalue weighted by Gasteiger charge is -2.35. The minimum atomic E-state index is -0.704. The Bertz CT molecular complexity index is 663. The Morgan fingerprint density at radius 2 is 1.21 bits per heavy atom. The van der Waals surface area contributed by atoms with E-state index < -0.39 is 12.3 Å². The first-order valence-electron chi connectivity index (χ1n) is 8.03. The van der Waals surface area contributed by atoms with Crippen LogP contribution < -0.4 is 0 Å². The number of isocyanates is 4. The van der Waals surface area contributed by atoms with E-state index in [4.69, 9.17) is 0 Å². The van der Waals surface area contributed by atoms with E-state index in [-0.39, 0.29) is 11.8 Å². The first-order valence-corrected chi connectivity index (χ1v) is 8.03. The molecule has 124 valence electrons. The smallest absolute Gasteiger partial charge is 0.211 e. The molecule has 8 heteroatoms. The van der Waals surface area contributed by atoms with Gasteiger partial charge < -0.3 is 0 Å². The van der Waals surface area contributed by atoms with E-state index >= 15 is 0 Å². The van der Waals surface area contributed by atoms with Crippen LogP contribution in [0.3, 0.4) is 0 Å². The number of nitrogens with zero attached hydrogens (tertiary/aromatic N) is 4. The van der Waals surface area contributed by atoms with Gasteiger partial charge in [-0.05, 0) is 49.4 Å². The van der Waals surface area contributed by atoms with Gasteiger partial charge in [0, 0.05) is 11.8 Å². The summed E-state index contributed by atoms with van der Waals surface area (Å²) in [6, 6.07) is 0. The van der Waals surface area contributed by atoms with E-state index in [0.717, 1.165) is 25.7 Å². The standard InChI is InChI=1S/C16H16N4O4/c21-5-17-15(18-6-22)11-2-1-10-12-3-9(14(10)11)4-13(12)16(19-7-23)20-8-24/h9-16H,1-4H2. The summed E-state index contributed by atoms with van der Waals surface area (Å²) in [5.74, 6) is 1.47. The molecule has 3 aliphatic rings. The monoisotopic (exact) mass is 328 g/mol. The second-order valence-electron chi connectivity index (χ2n) is 6.75. The molecule has 6 unspecified atom stereocenters. The van der Waals surface area contributed by atoms with Gasteiger partial charge in [0.25, 0.3) is 0 Å². The van der Waals surface area contributed by atoms with Gasteiger partial charge in [-0.25, -0.2) is 19.2 Å². The van der Waals surface area contributed by atoms with Gasteiger partial charge in [-0.15, -0.1) is 0 Å². The number of rotatable bonds is 6. The Morgan fingerprint density at radius 1 is 0.667 bits per heavy atom. The predicted molar refractivity (Wildman–Crippen MR) is 79.5 cm³/mol. The molecule has 0 spiro atoms. The van der Waals surface area contributed by atoms with Crippen LogP contribution in [-0.4, -0.2) is 36.7 Å². The van der Waals surface area contributed by atoms with Crippen molar-refractivity contribution in [3.8, 4) is 0 Å². The lowest BCUT2D eigenvalue weighted by atomic mass is 9.72. The lowest BCUT2D eigenvalue weighted by Crippen LogP contribution is -2.34. The second kappa shape index (κ2) is 6.96. The average molecular weight is 328 g/mol. The highest BCUT2D eigenvalue weighted by molar-refractivity contribution is 5.38. The van der Waals surface area contributed by atoms with Gasteiger partial charge >= 0.3 is 0 Å². The molecule has 0 aliphatic heterocycles. The predicted octanol–water partition coefficient (Wildman–Crippen LogP) is 1.28. The van der Waals surface area contributed by atoms with Crippen LogP contribution in [-0.2, 0) is 19.2 Å². The molecular weight excluding hydrogens is 312 g/mol. The van der Waals surface area contributed by atoms with Crippen LogP contribution in [0.5, 0.6) is 0 Å². The average Bonchev–Trinajstić information content (AvgIpc) is 3.26. The largest absolute Gasteiger partial charge is 0.237 e. The van der Waals surface area contributed by atoms with Gasteiger partial charge in [-0.3, -0.25) is 0 Å². The maximum absolute atomic E-state index is 10.6. The van der Waals surface area contributed by atoms with Crippen molar-refractivity contribution >= 4 is 24.3 Å². The van der Waals surface area contributed by atoms with E-state index in [0.29, 0.717) is 23.7 Å². The highest BCUT2D eigenvalue weighted by Gasteiger charge is 2.59. The summed E-state index contributed by atoms with van der Waals surface area (Å²) in [5, 5.41) is 0. The lowest BCUT2D eigenvalue weighted by molar-refractivity contribution is 0.137. The third kappa shape index (κ3) is 2.62. The van der Waals surface area contributed by atoms with Crippen molar-refractivity contribution in [2.45, 2.75) is 38.0 Å². The molecule has 0 aromatic carbocycles. The SMILES string of the molecule is O=C=NC(N=C=O)C1CC2CC1C1CCC(C(N=C=O)N=C=O)C21. The van der Waals surface area contributed by atoms with Crippen molar-refractivity contribution in [3.05, 3.63) is 0 Å². The van der Waals surface area contributed by atoms with Crippen molar-refractivity contribution in [2.24, 2.45) is 55.5 Å². The molecule has 3 saturated carbocycles. The number of aliphatic imine (C=N–C) groups is 4. The van der Waals surface area contributed by atoms with E-state index in [1.807, 2.05) is 0 Å². The third-order valence-electron chi connectivity index (χ3n) is 6.12. The van der Waals surface area contributed by atoms with Gasteiger partial charge in [0.1, 0.15) is 0 Å². The van der Waals surface area contributed by atoms with Crippen LogP contribution in [0.25, 0.3) is 0 Å². The zero-order valence-electron chi connectivity index (χ0n) is 12.9. The molecule has 3 aliphatic carbocycles. The quantitative estimate of drug-likeness (QED) is 0.539. The maximum Gasteiger partial charge on any atom is 0.237 e. The fourth-order valence-electron chi connectivity index (χ4n) is 5.58. The highest BCUT2D eigenvalue weighted by atomic mass is 16.1. The van der Waals surface area contributed by atoms with Crippen LogP contribution in [0, 0.1) is 35.5 Å². The number of hydrogen-bond donors (Lipinski definition) is 0. The van der Waals surface area contributed by atoms with E-state index in [1.165, 1.54) is 24.3 Å². The Labute approximate surface area is 137 Å². The molecule has 24 heavy (non-hydrogen) atoms. The first kappa shape index (κ1) is 16.4. The first-order chi connectivity index (χ1) is 11.7. The van der Waals surface area contributed by atoms with Gasteiger partial charge in [0.05, 0.1) is 0 Å². The molecule has 3 fully saturated rings. The molecule has 0 heterocycles. The Balaban J connectivity index is 1.81. The van der Waals surface area contributed by atoms with Crippen molar-refractivity contribution in [1.82, 2.24) is 0 Å². The molecule has 0 aromatic rings. The fourth-order valence-corrected chi connectivity index (χ4v) is 5.58. The van der Waals surface area contributed by atoms with Gasteiger partial charge in [-0.1, -0.05) is 0 Å². The highest BCUT2D eigenvalue weighted by Crippen LogP contribution is 2.64. The topological polar surface area (TPSA) is 118 Å². The summed E-state index contributed by atoms with van der Waals surface area (Å²) in [6.07, 6.45) is 8.12. The summed E-state index contributed by atoms with van der Waals surface area (Å²) < 4.78 is 0. The van der Waals surface area contributed by atoms with Crippen molar-refractivity contribution in [2.75, 3.05) is 0 Å². The minimum Gasteiger partial charge on any atom is -0.211 e. The zero-order chi connectivity index (χ0) is 17.1. The van der Waals surface area contributed by atoms with E-state index in [9.17, 15) is 19.2 Å². The molecule has 0 radical (unpaired) electrons. The Hall–Kier alpha value is -2.48. The summed E-state index contributed by atoms with van der Waals surface area (Å²) in [6.45, 7) is 0. The summed E-state index contributed by atoms with van der Waals surface area (Å²) in [5.41, 5.74) is 0. The third-order valence-corrected chi connectivity index (χ3v) is 6.12. The molecule has 6 atom stereocenters. The molecule has 3 rings (SSSR count). The summed E-state index contributed by atoms with van der Waals surface area (Å²) >= 11 is 0. The molecular formula is C16H16N4O4. The van der Waals surface area contributed by atoms with Crippen LogP contribution in [0.4, 0.5) is 0 Å². The van der Waals surface area contributed by atoms with Crippen LogP contribution >= 0.6 is 0 Å². The van der Waals surface area contributed by atoms with Crippen LogP contribution in [0.1, 0.15) is 25.7 Å². The fraction of sp³-hybridized carbons (Fsp3) is 0.750.